The molecule has 0 spiro atoms. The number of nitrogens with zero attached hydrogens (tertiary/aromatic N) is 3. The molecule has 2 N–H and O–H groups in total. The van der Waals surface area contributed by atoms with E-state index in [1.165, 1.54) is 25.7 Å². The van der Waals surface area contributed by atoms with E-state index in [4.69, 9.17) is 5.73 Å². The highest BCUT2D eigenvalue weighted by atomic mass is 15.3. The van der Waals surface area contributed by atoms with Crippen LogP contribution in [0, 0.1) is 17.3 Å². The van der Waals surface area contributed by atoms with Gasteiger partial charge in [-0.25, -0.2) is 9.67 Å². The van der Waals surface area contributed by atoms with Gasteiger partial charge in [0.2, 0.25) is 0 Å². The zero-order valence-corrected chi connectivity index (χ0v) is 13.5. The van der Waals surface area contributed by atoms with Crippen molar-refractivity contribution >= 4 is 0 Å². The normalized spacial score (nSPS) is 24.0. The zero-order chi connectivity index (χ0) is 14.8. The zero-order valence-electron chi connectivity index (χ0n) is 13.5. The smallest absolute Gasteiger partial charge is 0.138 e. The lowest BCUT2D eigenvalue weighted by molar-refractivity contribution is 0.111. The average Bonchev–Trinajstić information content (AvgIpc) is 2.75. The molecule has 1 aliphatic carbocycles. The van der Waals surface area contributed by atoms with E-state index < -0.39 is 0 Å². The van der Waals surface area contributed by atoms with Gasteiger partial charge in [-0.3, -0.25) is 0 Å². The van der Waals surface area contributed by atoms with Gasteiger partial charge in [-0.2, -0.15) is 5.10 Å². The quantitative estimate of drug-likeness (QED) is 0.900. The molecule has 0 saturated heterocycles. The second-order valence-corrected chi connectivity index (χ2v) is 7.46. The summed E-state index contributed by atoms with van der Waals surface area (Å²) in [5.74, 6) is 2.23. The minimum Gasteiger partial charge on any atom is -0.327 e. The summed E-state index contributed by atoms with van der Waals surface area (Å²) in [6.07, 6.45) is 7.73. The van der Waals surface area contributed by atoms with E-state index >= 15 is 0 Å². The monoisotopic (exact) mass is 278 g/mol. The third-order valence-corrected chi connectivity index (χ3v) is 4.76. The molecule has 0 bridgehead atoms. The van der Waals surface area contributed by atoms with Crippen molar-refractivity contribution in [3.8, 4) is 0 Å². The summed E-state index contributed by atoms with van der Waals surface area (Å²) >= 11 is 0. The van der Waals surface area contributed by atoms with E-state index in [1.807, 2.05) is 4.68 Å². The van der Waals surface area contributed by atoms with Gasteiger partial charge in [-0.15, -0.1) is 0 Å². The molecule has 2 unspecified atom stereocenters. The maximum Gasteiger partial charge on any atom is 0.138 e. The van der Waals surface area contributed by atoms with Gasteiger partial charge in [0, 0.05) is 19.0 Å². The van der Waals surface area contributed by atoms with E-state index in [-0.39, 0.29) is 6.04 Å². The first-order chi connectivity index (χ1) is 9.40. The van der Waals surface area contributed by atoms with Crippen molar-refractivity contribution in [1.82, 2.24) is 14.8 Å². The molecule has 20 heavy (non-hydrogen) atoms. The molecule has 0 amide bonds. The van der Waals surface area contributed by atoms with E-state index in [0.717, 1.165) is 18.8 Å². The van der Waals surface area contributed by atoms with Gasteiger partial charge >= 0.3 is 0 Å². The van der Waals surface area contributed by atoms with Gasteiger partial charge in [0.05, 0.1) is 0 Å². The van der Waals surface area contributed by atoms with E-state index in [0.29, 0.717) is 17.3 Å². The fourth-order valence-corrected chi connectivity index (χ4v) is 3.61. The lowest BCUT2D eigenvalue weighted by atomic mass is 9.65. The van der Waals surface area contributed by atoms with E-state index in [9.17, 15) is 0 Å². The largest absolute Gasteiger partial charge is 0.327 e. The Labute approximate surface area is 123 Å². The fourth-order valence-electron chi connectivity index (χ4n) is 3.61. The van der Waals surface area contributed by atoms with Crippen molar-refractivity contribution in [2.45, 2.75) is 72.4 Å². The van der Waals surface area contributed by atoms with Crippen LogP contribution in [0.5, 0.6) is 0 Å². The Kier molecular flexibility index (Phi) is 4.84. The number of aromatic nitrogens is 3. The topological polar surface area (TPSA) is 56.7 Å². The van der Waals surface area contributed by atoms with Gasteiger partial charge in [-0.05, 0) is 30.1 Å². The van der Waals surface area contributed by atoms with Gasteiger partial charge in [0.1, 0.15) is 12.2 Å². The van der Waals surface area contributed by atoms with Crippen molar-refractivity contribution in [3.63, 3.8) is 0 Å². The van der Waals surface area contributed by atoms with Crippen LogP contribution in [0.25, 0.3) is 0 Å². The number of rotatable bonds is 5. The number of hydrogen-bond acceptors (Lipinski definition) is 3. The van der Waals surface area contributed by atoms with Crippen molar-refractivity contribution in [2.75, 3.05) is 0 Å². The van der Waals surface area contributed by atoms with Crippen LogP contribution in [0.1, 0.15) is 59.2 Å². The summed E-state index contributed by atoms with van der Waals surface area (Å²) in [4.78, 5) is 4.42. The molecule has 1 aromatic heterocycles. The maximum absolute atomic E-state index is 6.53. The minimum absolute atomic E-state index is 0.195. The Balaban J connectivity index is 2.04. The predicted octanol–water partition coefficient (Wildman–Crippen LogP) is 3.02. The van der Waals surface area contributed by atoms with E-state index in [1.54, 1.807) is 6.33 Å². The highest BCUT2D eigenvalue weighted by Gasteiger charge is 2.36. The van der Waals surface area contributed by atoms with Crippen LogP contribution in [0.4, 0.5) is 0 Å². The summed E-state index contributed by atoms with van der Waals surface area (Å²) in [5.41, 5.74) is 6.90. The van der Waals surface area contributed by atoms with Crippen LogP contribution < -0.4 is 5.73 Å². The van der Waals surface area contributed by atoms with Crippen LogP contribution >= 0.6 is 0 Å². The van der Waals surface area contributed by atoms with Crippen molar-refractivity contribution in [1.29, 1.82) is 0 Å². The summed E-state index contributed by atoms with van der Waals surface area (Å²) in [7, 11) is 0. The van der Waals surface area contributed by atoms with Crippen molar-refractivity contribution in [3.05, 3.63) is 12.2 Å². The average molecular weight is 278 g/mol. The van der Waals surface area contributed by atoms with Crippen LogP contribution in [0.3, 0.4) is 0 Å². The molecule has 2 rings (SSSR count). The van der Waals surface area contributed by atoms with E-state index in [2.05, 4.69) is 37.8 Å². The molecule has 0 aliphatic heterocycles. The van der Waals surface area contributed by atoms with Crippen LogP contribution in [-0.4, -0.2) is 20.8 Å². The maximum atomic E-state index is 6.53. The molecule has 1 saturated carbocycles. The Morgan fingerprint density at radius 2 is 2.15 bits per heavy atom. The van der Waals surface area contributed by atoms with Gasteiger partial charge < -0.3 is 5.73 Å². The molecular weight excluding hydrogens is 248 g/mol. The second-order valence-electron chi connectivity index (χ2n) is 7.46. The first-order valence-electron chi connectivity index (χ1n) is 8.02. The van der Waals surface area contributed by atoms with Gasteiger partial charge in [0.15, 0.2) is 0 Å². The highest BCUT2D eigenvalue weighted by molar-refractivity contribution is 4.96. The summed E-state index contributed by atoms with van der Waals surface area (Å²) in [6.45, 7) is 10.1. The molecule has 0 aromatic carbocycles. The Bertz CT molecular complexity index is 422. The van der Waals surface area contributed by atoms with Crippen LogP contribution in [0.2, 0.25) is 0 Å². The lowest BCUT2D eigenvalue weighted by Gasteiger charge is -2.42. The SMILES string of the molecule is CC(C)Cn1ncnc1CC(N)C1CCCCC1(C)C. The summed E-state index contributed by atoms with van der Waals surface area (Å²) < 4.78 is 2.03. The molecule has 0 radical (unpaired) electrons. The lowest BCUT2D eigenvalue weighted by Crippen LogP contribution is -2.43. The van der Waals surface area contributed by atoms with Crippen LogP contribution in [-0.2, 0) is 13.0 Å². The second kappa shape index (κ2) is 6.25. The highest BCUT2D eigenvalue weighted by Crippen LogP contribution is 2.42. The molecule has 1 heterocycles. The van der Waals surface area contributed by atoms with Gasteiger partial charge in [0.25, 0.3) is 0 Å². The summed E-state index contributed by atoms with van der Waals surface area (Å²) in [6, 6.07) is 0.195. The molecule has 1 aromatic rings. The van der Waals surface area contributed by atoms with Crippen molar-refractivity contribution < 1.29 is 0 Å². The third kappa shape index (κ3) is 3.60. The Morgan fingerprint density at radius 1 is 1.40 bits per heavy atom. The third-order valence-electron chi connectivity index (χ3n) is 4.76. The standard InChI is InChI=1S/C16H30N4/c1-12(2)10-20-15(18-11-19-20)9-14(17)13-7-5-6-8-16(13,3)4/h11-14H,5-10,17H2,1-4H3. The molecule has 2 atom stereocenters. The summed E-state index contributed by atoms with van der Waals surface area (Å²) in [5, 5.41) is 4.34. The molecule has 114 valence electrons. The van der Waals surface area contributed by atoms with Crippen LogP contribution in [0.15, 0.2) is 6.33 Å². The minimum atomic E-state index is 0.195. The number of hydrogen-bond donors (Lipinski definition) is 1. The van der Waals surface area contributed by atoms with Crippen molar-refractivity contribution in [2.24, 2.45) is 23.0 Å². The Hall–Kier alpha value is -0.900. The molecule has 4 heteroatoms. The number of nitrogens with two attached hydrogens (primary N) is 1. The molecular formula is C16H30N4. The Morgan fingerprint density at radius 3 is 2.80 bits per heavy atom. The molecule has 1 fully saturated rings. The molecule has 1 aliphatic rings. The predicted molar refractivity (Wildman–Crippen MR) is 82.3 cm³/mol. The fraction of sp³-hybridized carbons (Fsp3) is 0.875. The van der Waals surface area contributed by atoms with Gasteiger partial charge in [-0.1, -0.05) is 40.5 Å². The first kappa shape index (κ1) is 15.5. The molecule has 4 nitrogen and oxygen atoms in total. The first-order valence-corrected chi connectivity index (χ1v) is 8.02.